The standard InChI is InChI=1S/C20H22FN3O5/c1-2-12-15-9-29-19-13-8-16(14(18(22)25)7-11(13)3-4-23-19)28-6-5-27-10-24(15)20(26)17(12)21/h3-4,7-8,12,15,17H,2,5-6,9-10H2,1H3,(H2,22,25)/t12-,15+,17-/m0/s1. The number of carbonyl (C=O) groups excluding carboxylic acids is 2. The minimum atomic E-state index is -1.58. The third kappa shape index (κ3) is 3.46. The predicted molar refractivity (Wildman–Crippen MR) is 101 cm³/mol. The van der Waals surface area contributed by atoms with Crippen LogP contribution in [0.1, 0.15) is 23.7 Å². The first-order valence-corrected chi connectivity index (χ1v) is 9.51. The maximum absolute atomic E-state index is 14.5. The Bertz CT molecular complexity index is 953. The summed E-state index contributed by atoms with van der Waals surface area (Å²) in [4.78, 5) is 29.9. The van der Waals surface area contributed by atoms with Gasteiger partial charge in [0.05, 0.1) is 18.2 Å². The molecule has 1 saturated heterocycles. The number of aromatic nitrogens is 1. The number of pyridine rings is 1. The molecule has 2 aliphatic heterocycles. The summed E-state index contributed by atoms with van der Waals surface area (Å²) in [6.45, 7) is 2.14. The maximum atomic E-state index is 14.5. The molecule has 0 saturated carbocycles. The SMILES string of the molecule is CC[C@@H]1[C@H](F)C(=O)N2COCCOc3cc4c(nccc4cc3C(N)=O)OC[C@H]12. The molecular weight excluding hydrogens is 381 g/mol. The van der Waals surface area contributed by atoms with Crippen LogP contribution in [0.15, 0.2) is 24.4 Å². The summed E-state index contributed by atoms with van der Waals surface area (Å²) in [6, 6.07) is 4.55. The highest BCUT2D eigenvalue weighted by molar-refractivity contribution is 6.01. The van der Waals surface area contributed by atoms with Crippen LogP contribution in [0.2, 0.25) is 0 Å². The van der Waals surface area contributed by atoms with Crippen molar-refractivity contribution in [1.82, 2.24) is 9.88 Å². The van der Waals surface area contributed by atoms with E-state index in [9.17, 15) is 14.0 Å². The van der Waals surface area contributed by atoms with Gasteiger partial charge in [0.15, 0.2) is 6.17 Å². The Labute approximate surface area is 166 Å². The molecule has 29 heavy (non-hydrogen) atoms. The fourth-order valence-electron chi connectivity index (χ4n) is 3.92. The zero-order chi connectivity index (χ0) is 20.5. The van der Waals surface area contributed by atoms with Gasteiger partial charge in [0, 0.05) is 17.5 Å². The van der Waals surface area contributed by atoms with Crippen LogP contribution < -0.4 is 15.2 Å². The van der Waals surface area contributed by atoms with E-state index in [1.54, 1.807) is 24.4 Å². The van der Waals surface area contributed by atoms with Crippen molar-refractivity contribution in [2.45, 2.75) is 25.6 Å². The van der Waals surface area contributed by atoms with Crippen LogP contribution in [0, 0.1) is 5.92 Å². The average Bonchev–Trinajstić information content (AvgIpc) is 2.95. The average molecular weight is 403 g/mol. The van der Waals surface area contributed by atoms with E-state index in [0.717, 1.165) is 0 Å². The number of alkyl halides is 1. The van der Waals surface area contributed by atoms with Crippen molar-refractivity contribution < 1.29 is 28.2 Å². The number of ether oxygens (including phenoxy) is 3. The van der Waals surface area contributed by atoms with Gasteiger partial charge < -0.3 is 24.8 Å². The summed E-state index contributed by atoms with van der Waals surface area (Å²) in [5.74, 6) is -1.08. The van der Waals surface area contributed by atoms with E-state index in [1.165, 1.54) is 4.90 Å². The van der Waals surface area contributed by atoms with Crippen LogP contribution in [0.3, 0.4) is 0 Å². The van der Waals surface area contributed by atoms with Gasteiger partial charge in [-0.2, -0.15) is 0 Å². The molecule has 1 aromatic heterocycles. The molecule has 0 spiro atoms. The van der Waals surface area contributed by atoms with Crippen LogP contribution in [0.25, 0.3) is 10.8 Å². The quantitative estimate of drug-likeness (QED) is 0.818. The Kier molecular flexibility index (Phi) is 5.23. The molecule has 0 radical (unpaired) electrons. The van der Waals surface area contributed by atoms with E-state index in [4.69, 9.17) is 19.9 Å². The van der Waals surface area contributed by atoms with Gasteiger partial charge in [0.25, 0.3) is 11.8 Å². The van der Waals surface area contributed by atoms with Crippen molar-refractivity contribution in [1.29, 1.82) is 0 Å². The van der Waals surface area contributed by atoms with Crippen molar-refractivity contribution >= 4 is 22.6 Å². The summed E-state index contributed by atoms with van der Waals surface area (Å²) < 4.78 is 31.7. The maximum Gasteiger partial charge on any atom is 0.259 e. The van der Waals surface area contributed by atoms with Crippen molar-refractivity contribution in [2.24, 2.45) is 11.7 Å². The molecule has 3 atom stereocenters. The Hall–Kier alpha value is -2.94. The summed E-state index contributed by atoms with van der Waals surface area (Å²) in [7, 11) is 0. The molecule has 2 N–H and O–H groups in total. The van der Waals surface area contributed by atoms with Crippen LogP contribution in [-0.2, 0) is 9.53 Å². The molecule has 1 fully saturated rings. The lowest BCUT2D eigenvalue weighted by molar-refractivity contribution is -0.138. The van der Waals surface area contributed by atoms with Crippen LogP contribution in [0.5, 0.6) is 11.6 Å². The van der Waals surface area contributed by atoms with Crippen molar-refractivity contribution in [3.05, 3.63) is 30.0 Å². The first-order chi connectivity index (χ1) is 14.0. The van der Waals surface area contributed by atoms with E-state index in [0.29, 0.717) is 28.8 Å². The summed E-state index contributed by atoms with van der Waals surface area (Å²) in [5, 5.41) is 1.34. The summed E-state index contributed by atoms with van der Waals surface area (Å²) >= 11 is 0. The number of carbonyl (C=O) groups is 2. The monoisotopic (exact) mass is 403 g/mol. The third-order valence-electron chi connectivity index (χ3n) is 5.46. The predicted octanol–water partition coefficient (Wildman–Crippen LogP) is 1.65. The number of primary amides is 1. The first kappa shape index (κ1) is 19.4. The zero-order valence-corrected chi connectivity index (χ0v) is 16.0. The second-order valence-corrected chi connectivity index (χ2v) is 7.10. The molecule has 0 aliphatic carbocycles. The van der Waals surface area contributed by atoms with Crippen molar-refractivity contribution in [3.8, 4) is 11.6 Å². The Morgan fingerprint density at radius 3 is 2.93 bits per heavy atom. The fourth-order valence-corrected chi connectivity index (χ4v) is 3.92. The highest BCUT2D eigenvalue weighted by Gasteiger charge is 2.48. The number of benzene rings is 1. The number of halogens is 1. The Balaban J connectivity index is 1.74. The van der Waals surface area contributed by atoms with Gasteiger partial charge in [-0.05, 0) is 30.0 Å². The minimum absolute atomic E-state index is 0.0645. The highest BCUT2D eigenvalue weighted by Crippen LogP contribution is 2.34. The normalized spacial score (nSPS) is 24.8. The Morgan fingerprint density at radius 1 is 1.34 bits per heavy atom. The van der Waals surface area contributed by atoms with Crippen LogP contribution >= 0.6 is 0 Å². The van der Waals surface area contributed by atoms with Crippen LogP contribution in [0.4, 0.5) is 4.39 Å². The number of hydrogen-bond acceptors (Lipinski definition) is 6. The van der Waals surface area contributed by atoms with Gasteiger partial charge in [0.2, 0.25) is 5.88 Å². The largest absolute Gasteiger partial charge is 0.490 e. The van der Waals surface area contributed by atoms with Gasteiger partial charge in [0.1, 0.15) is 25.7 Å². The molecule has 154 valence electrons. The molecule has 4 rings (SSSR count). The summed E-state index contributed by atoms with van der Waals surface area (Å²) in [5.41, 5.74) is 5.73. The summed E-state index contributed by atoms with van der Waals surface area (Å²) in [6.07, 6.45) is 0.471. The second kappa shape index (κ2) is 7.82. The lowest BCUT2D eigenvalue weighted by atomic mass is 9.96. The molecule has 2 aromatic rings. The zero-order valence-electron chi connectivity index (χ0n) is 16.0. The molecule has 9 heteroatoms. The van der Waals surface area contributed by atoms with E-state index < -0.39 is 29.9 Å². The van der Waals surface area contributed by atoms with Crippen molar-refractivity contribution in [3.63, 3.8) is 0 Å². The van der Waals surface area contributed by atoms with E-state index in [2.05, 4.69) is 4.98 Å². The first-order valence-electron chi connectivity index (χ1n) is 9.51. The molecule has 3 heterocycles. The number of amides is 2. The molecule has 0 unspecified atom stereocenters. The number of nitrogens with zero attached hydrogens (tertiary/aromatic N) is 2. The lowest BCUT2D eigenvalue weighted by Crippen LogP contribution is -2.41. The second-order valence-electron chi connectivity index (χ2n) is 7.10. The number of nitrogens with two attached hydrogens (primary N) is 1. The minimum Gasteiger partial charge on any atom is -0.490 e. The number of rotatable bonds is 2. The van der Waals surface area contributed by atoms with E-state index in [-0.39, 0.29) is 32.1 Å². The molecule has 8 nitrogen and oxygen atoms in total. The number of fused-ring (bicyclic) bond motifs is 2. The fraction of sp³-hybridized carbons (Fsp3) is 0.450. The third-order valence-corrected chi connectivity index (χ3v) is 5.46. The number of hydrogen-bond donors (Lipinski definition) is 1. The molecular formula is C20H22FN3O5. The van der Waals surface area contributed by atoms with Gasteiger partial charge in [-0.25, -0.2) is 9.37 Å². The van der Waals surface area contributed by atoms with Gasteiger partial charge >= 0.3 is 0 Å². The lowest BCUT2D eigenvalue weighted by Gasteiger charge is -2.27. The van der Waals surface area contributed by atoms with Gasteiger partial charge in [-0.3, -0.25) is 9.59 Å². The molecule has 2 aliphatic rings. The highest BCUT2D eigenvalue weighted by atomic mass is 19.1. The Morgan fingerprint density at radius 2 is 2.17 bits per heavy atom. The van der Waals surface area contributed by atoms with E-state index >= 15 is 0 Å². The molecule has 2 amide bonds. The smallest absolute Gasteiger partial charge is 0.259 e. The van der Waals surface area contributed by atoms with Gasteiger partial charge in [-0.1, -0.05) is 6.92 Å². The molecule has 1 aromatic carbocycles. The van der Waals surface area contributed by atoms with Crippen molar-refractivity contribution in [2.75, 3.05) is 26.6 Å². The van der Waals surface area contributed by atoms with Gasteiger partial charge in [-0.15, -0.1) is 0 Å². The molecule has 2 bridgehead atoms. The van der Waals surface area contributed by atoms with E-state index in [1.807, 2.05) is 6.92 Å². The van der Waals surface area contributed by atoms with Crippen LogP contribution in [-0.4, -0.2) is 60.5 Å². The topological polar surface area (TPSA) is 104 Å².